The number of aromatic nitrogens is 1. The van der Waals surface area contributed by atoms with E-state index in [1.807, 2.05) is 12.1 Å². The number of rotatable bonds is 10. The number of hydrogen-bond acceptors (Lipinski definition) is 1. The molecule has 0 unspecified atom stereocenters. The van der Waals surface area contributed by atoms with E-state index in [4.69, 9.17) is 32.6 Å². The van der Waals surface area contributed by atoms with E-state index in [0.717, 1.165) is 48.4 Å². The molecule has 0 spiro atoms. The number of hydrogen-bond donors (Lipinski definition) is 0. The first-order chi connectivity index (χ1) is 15.2. The van der Waals surface area contributed by atoms with E-state index >= 15 is 0 Å². The summed E-state index contributed by atoms with van der Waals surface area (Å²) in [5.41, 5.74) is 6.75. The maximum atomic E-state index is 4.93. The van der Waals surface area contributed by atoms with Gasteiger partial charge in [0.05, 0.1) is 0 Å². The molecule has 3 nitrogen and oxygen atoms in total. The van der Waals surface area contributed by atoms with Crippen LogP contribution in [0.3, 0.4) is 0 Å². The van der Waals surface area contributed by atoms with Crippen molar-refractivity contribution in [2.24, 2.45) is 0 Å². The standard InChI is InChI=1S/C25H29N3.2ClH.Zr/c1-3-10-20-12-5-7-16-24(20)26-18-22-14-9-15-23(28-22)19-27-25-17-8-6-13-21(25)11-4-2;;;/h5-9,12-17H,3-4,10-11,18-19H2,1-2H3;2*1H;/q-2;;;+4/p-2. The summed E-state index contributed by atoms with van der Waals surface area (Å²) in [6.45, 7) is 5.59. The number of aryl methyl sites for hydroxylation is 2. The Morgan fingerprint density at radius 1 is 0.677 bits per heavy atom. The molecular weight excluding hydrogens is 504 g/mol. The van der Waals surface area contributed by atoms with E-state index in [2.05, 4.69) is 68.4 Å². The van der Waals surface area contributed by atoms with Crippen LogP contribution in [0.25, 0.3) is 10.6 Å². The van der Waals surface area contributed by atoms with Crippen molar-refractivity contribution < 1.29 is 20.8 Å². The second-order valence-corrected chi connectivity index (χ2v) is 10.8. The number of pyridine rings is 1. The first-order valence-corrected chi connectivity index (χ1v) is 17.0. The van der Waals surface area contributed by atoms with Crippen molar-refractivity contribution in [2.75, 3.05) is 0 Å². The van der Waals surface area contributed by atoms with E-state index in [1.165, 1.54) is 11.1 Å². The van der Waals surface area contributed by atoms with E-state index in [-0.39, 0.29) is 0 Å². The van der Waals surface area contributed by atoms with E-state index < -0.39 is 20.8 Å². The molecule has 1 heterocycles. The van der Waals surface area contributed by atoms with Gasteiger partial charge in [0.2, 0.25) is 0 Å². The molecule has 0 aliphatic heterocycles. The molecule has 0 saturated carbocycles. The monoisotopic (exact) mass is 531 g/mol. The van der Waals surface area contributed by atoms with Crippen LogP contribution in [0.5, 0.6) is 0 Å². The fraction of sp³-hybridized carbons (Fsp3) is 0.320. The van der Waals surface area contributed by atoms with Crippen LogP contribution in [0.1, 0.15) is 49.2 Å². The number of nitrogens with zero attached hydrogens (tertiary/aromatic N) is 3. The first kappa shape index (κ1) is 25.9. The van der Waals surface area contributed by atoms with E-state index in [1.54, 1.807) is 0 Å². The summed E-state index contributed by atoms with van der Waals surface area (Å²) in [4.78, 5) is 4.77. The summed E-state index contributed by atoms with van der Waals surface area (Å²) in [7, 11) is 9.87. The van der Waals surface area contributed by atoms with Gasteiger partial charge in [0, 0.05) is 11.4 Å². The molecule has 0 saturated heterocycles. The summed E-state index contributed by atoms with van der Waals surface area (Å²) in [6.07, 6.45) is 4.37. The fourth-order valence-corrected chi connectivity index (χ4v) is 3.33. The molecule has 3 rings (SSSR count). The van der Waals surface area contributed by atoms with Crippen LogP contribution < -0.4 is 0 Å². The van der Waals surface area contributed by atoms with Crippen LogP contribution in [0.4, 0.5) is 11.4 Å². The summed E-state index contributed by atoms with van der Waals surface area (Å²) in [5.74, 6) is 0. The second kappa shape index (κ2) is 15.5. The van der Waals surface area contributed by atoms with Crippen molar-refractivity contribution in [1.29, 1.82) is 0 Å². The topological polar surface area (TPSA) is 41.1 Å². The third-order valence-electron chi connectivity index (χ3n) is 4.71. The average Bonchev–Trinajstić information content (AvgIpc) is 2.79. The SMILES string of the molecule is CCCc1ccccc1[N-]Cc1cccc(C[N-]c2ccccc2CCC)n1.[Cl][Zr+2][Cl]. The Labute approximate surface area is 205 Å². The van der Waals surface area contributed by atoms with Crippen LogP contribution >= 0.6 is 17.0 Å². The van der Waals surface area contributed by atoms with Gasteiger partial charge < -0.3 is 10.6 Å². The van der Waals surface area contributed by atoms with Gasteiger partial charge >= 0.3 is 37.9 Å². The Morgan fingerprint density at radius 3 is 1.52 bits per heavy atom. The quantitative estimate of drug-likeness (QED) is 0.257. The minimum absolute atomic E-state index is 0.598. The van der Waals surface area contributed by atoms with Gasteiger partial charge in [-0.3, -0.25) is 4.98 Å². The van der Waals surface area contributed by atoms with Crippen molar-refractivity contribution in [3.8, 4) is 0 Å². The van der Waals surface area contributed by atoms with Gasteiger partial charge in [0.25, 0.3) is 0 Å². The zero-order valence-corrected chi connectivity index (χ0v) is 22.2. The fourth-order valence-electron chi connectivity index (χ4n) is 3.33. The van der Waals surface area contributed by atoms with Gasteiger partial charge in [0.1, 0.15) is 0 Å². The van der Waals surface area contributed by atoms with Crippen molar-refractivity contribution in [3.05, 3.63) is 99.9 Å². The van der Waals surface area contributed by atoms with Crippen molar-refractivity contribution in [2.45, 2.75) is 52.6 Å². The third kappa shape index (κ3) is 9.35. The molecule has 0 aliphatic carbocycles. The molecule has 0 aliphatic rings. The molecule has 6 heteroatoms. The molecule has 0 N–H and O–H groups in total. The van der Waals surface area contributed by atoms with Gasteiger partial charge in [-0.15, -0.1) is 11.4 Å². The molecule has 2 aromatic carbocycles. The van der Waals surface area contributed by atoms with Gasteiger partial charge in [-0.1, -0.05) is 106 Å². The van der Waals surface area contributed by atoms with Crippen LogP contribution in [-0.2, 0) is 46.8 Å². The van der Waals surface area contributed by atoms with Crippen LogP contribution in [0.2, 0.25) is 0 Å². The molecule has 31 heavy (non-hydrogen) atoms. The van der Waals surface area contributed by atoms with Crippen LogP contribution in [0, 0.1) is 0 Å². The molecule has 0 bridgehead atoms. The summed E-state index contributed by atoms with van der Waals surface area (Å²) < 4.78 is 0. The van der Waals surface area contributed by atoms with Crippen LogP contribution in [-0.4, -0.2) is 4.98 Å². The van der Waals surface area contributed by atoms with E-state index in [9.17, 15) is 0 Å². The van der Waals surface area contributed by atoms with Gasteiger partial charge in [-0.05, 0) is 25.0 Å². The average molecular weight is 534 g/mol. The molecule has 1 aromatic heterocycles. The van der Waals surface area contributed by atoms with Crippen molar-refractivity contribution in [3.63, 3.8) is 0 Å². The molecular formula is C25H29Cl2N3Zr. The molecule has 0 amide bonds. The predicted octanol–water partition coefficient (Wildman–Crippen LogP) is 8.77. The molecule has 162 valence electrons. The van der Waals surface area contributed by atoms with Crippen LogP contribution in [0.15, 0.2) is 66.7 Å². The normalized spacial score (nSPS) is 9.94. The molecule has 3 aromatic rings. The molecule has 0 atom stereocenters. The number of para-hydroxylation sites is 2. The summed E-state index contributed by atoms with van der Waals surface area (Å²) in [5, 5.41) is 9.60. The van der Waals surface area contributed by atoms with E-state index in [0.29, 0.717) is 13.1 Å². The Bertz CT molecular complexity index is 836. The third-order valence-corrected chi connectivity index (χ3v) is 4.71. The minimum atomic E-state index is -0.826. The van der Waals surface area contributed by atoms with Gasteiger partial charge in [0.15, 0.2) is 0 Å². The zero-order chi connectivity index (χ0) is 22.3. The molecule has 0 radical (unpaired) electrons. The predicted molar refractivity (Wildman–Crippen MR) is 130 cm³/mol. The van der Waals surface area contributed by atoms with Gasteiger partial charge in [-0.25, -0.2) is 0 Å². The van der Waals surface area contributed by atoms with Gasteiger partial charge in [-0.2, -0.15) is 0 Å². The summed E-state index contributed by atoms with van der Waals surface area (Å²) >= 11 is -0.826. The molecule has 0 fully saturated rings. The van der Waals surface area contributed by atoms with Crippen molar-refractivity contribution in [1.82, 2.24) is 4.98 Å². The number of halogens is 2. The maximum absolute atomic E-state index is 4.93. The Hall–Kier alpha value is -1.35. The zero-order valence-electron chi connectivity index (χ0n) is 18.2. The Kier molecular flexibility index (Phi) is 12.9. The Morgan fingerprint density at radius 2 is 1.10 bits per heavy atom. The number of benzene rings is 2. The second-order valence-electron chi connectivity index (χ2n) is 7.08. The Balaban J connectivity index is 0.00000107. The first-order valence-electron chi connectivity index (χ1n) is 10.6. The van der Waals surface area contributed by atoms with Crippen molar-refractivity contribution >= 4 is 28.4 Å². The summed E-state index contributed by atoms with van der Waals surface area (Å²) in [6, 6.07) is 22.9.